The first-order valence-corrected chi connectivity index (χ1v) is 10.4. The molecule has 0 unspecified atom stereocenters. The van der Waals surface area contributed by atoms with E-state index in [0.29, 0.717) is 29.1 Å². The maximum Gasteiger partial charge on any atom is 0.325 e. The molecular weight excluding hydrogens is 406 g/mol. The summed E-state index contributed by atoms with van der Waals surface area (Å²) in [4.78, 5) is 27.6. The van der Waals surface area contributed by atoms with Crippen LogP contribution in [0.5, 0.6) is 11.5 Å². The predicted octanol–water partition coefficient (Wildman–Crippen LogP) is 4.72. The first-order chi connectivity index (χ1) is 15.5. The highest BCUT2D eigenvalue weighted by Gasteiger charge is 2.49. The van der Waals surface area contributed by atoms with Crippen LogP contribution in [0.1, 0.15) is 35.3 Å². The summed E-state index contributed by atoms with van der Waals surface area (Å²) in [6, 6.07) is 21.5. The number of hydrogen-bond acceptors (Lipinski definition) is 4. The van der Waals surface area contributed by atoms with Gasteiger partial charge in [0.2, 0.25) is 0 Å². The van der Waals surface area contributed by atoms with Gasteiger partial charge < -0.3 is 20.1 Å². The molecule has 0 radical (unpaired) electrons. The van der Waals surface area contributed by atoms with E-state index >= 15 is 0 Å². The van der Waals surface area contributed by atoms with Crippen LogP contribution < -0.4 is 25.0 Å². The predicted molar refractivity (Wildman–Crippen MR) is 121 cm³/mol. The van der Waals surface area contributed by atoms with Gasteiger partial charge in [-0.05, 0) is 43.3 Å². The normalized spacial score (nSPS) is 21.1. The fourth-order valence-corrected chi connectivity index (χ4v) is 4.40. The van der Waals surface area contributed by atoms with Gasteiger partial charge in [0.1, 0.15) is 11.5 Å². The number of amides is 3. The van der Waals surface area contributed by atoms with Gasteiger partial charge in [-0.3, -0.25) is 9.69 Å². The molecule has 0 saturated carbocycles. The molecule has 2 aliphatic rings. The molecule has 7 heteroatoms. The number of carbonyl (C=O) groups is 2. The van der Waals surface area contributed by atoms with Gasteiger partial charge in [-0.2, -0.15) is 0 Å². The van der Waals surface area contributed by atoms with E-state index in [9.17, 15) is 9.59 Å². The summed E-state index contributed by atoms with van der Waals surface area (Å²) < 4.78 is 11.5. The molecule has 3 aromatic rings. The van der Waals surface area contributed by atoms with Crippen molar-refractivity contribution < 1.29 is 19.1 Å². The largest absolute Gasteiger partial charge is 0.497 e. The molecule has 0 aliphatic carbocycles. The molecule has 0 spiro atoms. The van der Waals surface area contributed by atoms with Crippen molar-refractivity contribution >= 4 is 23.3 Å². The lowest BCUT2D eigenvalue weighted by molar-refractivity contribution is 0.0378. The Morgan fingerprint density at radius 3 is 2.78 bits per heavy atom. The molecule has 2 aliphatic heterocycles. The van der Waals surface area contributed by atoms with E-state index in [4.69, 9.17) is 9.47 Å². The zero-order chi connectivity index (χ0) is 22.3. The number of methoxy groups -OCH3 is 1. The van der Waals surface area contributed by atoms with Gasteiger partial charge in [0.05, 0.1) is 18.8 Å². The number of urea groups is 1. The molecule has 2 atom stereocenters. The third-order valence-electron chi connectivity index (χ3n) is 5.88. The van der Waals surface area contributed by atoms with Gasteiger partial charge in [-0.15, -0.1) is 0 Å². The van der Waals surface area contributed by atoms with E-state index < -0.39 is 5.72 Å². The van der Waals surface area contributed by atoms with Crippen LogP contribution in [0, 0.1) is 0 Å². The molecule has 3 aromatic carbocycles. The van der Waals surface area contributed by atoms with Crippen LogP contribution in [0.15, 0.2) is 72.8 Å². The Morgan fingerprint density at radius 1 is 1.12 bits per heavy atom. The summed E-state index contributed by atoms with van der Waals surface area (Å²) in [6.07, 6.45) is 0.593. The highest BCUT2D eigenvalue weighted by atomic mass is 16.5. The summed E-state index contributed by atoms with van der Waals surface area (Å²) in [6.45, 7) is 1.90. The highest BCUT2D eigenvalue weighted by Crippen LogP contribution is 2.45. The molecule has 1 fully saturated rings. The molecule has 0 aromatic heterocycles. The van der Waals surface area contributed by atoms with Gasteiger partial charge in [0.25, 0.3) is 5.91 Å². The number of carbonyl (C=O) groups excluding carboxylic acids is 2. The Balaban J connectivity index is 1.44. The standard InChI is InChI=1S/C25H23N3O4/c1-25-15-21(20-11-3-4-12-22(20)32-25)27-24(30)28(25)18-9-5-7-16(13-18)23(29)26-17-8-6-10-19(14-17)31-2/h3-14,21H,15H2,1-2H3,(H,26,29)(H,27,30)/t21-,25+/m0/s1. The fourth-order valence-electron chi connectivity index (χ4n) is 4.40. The number of nitrogens with one attached hydrogen (secondary N) is 2. The minimum absolute atomic E-state index is 0.117. The molecule has 3 amide bonds. The zero-order valence-corrected chi connectivity index (χ0v) is 17.8. The van der Waals surface area contributed by atoms with Gasteiger partial charge in [0, 0.05) is 29.3 Å². The summed E-state index contributed by atoms with van der Waals surface area (Å²) in [5.74, 6) is 1.12. The minimum Gasteiger partial charge on any atom is -0.497 e. The Kier molecular flexibility index (Phi) is 4.74. The molecule has 2 bridgehead atoms. The molecule has 2 heterocycles. The third kappa shape index (κ3) is 3.41. The van der Waals surface area contributed by atoms with E-state index in [1.54, 1.807) is 54.5 Å². The molecular formula is C25H23N3O4. The van der Waals surface area contributed by atoms with E-state index in [1.165, 1.54) is 0 Å². The third-order valence-corrected chi connectivity index (χ3v) is 5.88. The Hall–Kier alpha value is -4.00. The van der Waals surface area contributed by atoms with Crippen molar-refractivity contribution in [3.63, 3.8) is 0 Å². The Morgan fingerprint density at radius 2 is 1.94 bits per heavy atom. The lowest BCUT2D eigenvalue weighted by Crippen LogP contribution is -2.65. The topological polar surface area (TPSA) is 79.9 Å². The SMILES string of the molecule is COc1cccc(NC(=O)c2cccc(N3C(=O)N[C@H]4C[C@@]3(C)Oc3ccccc34)c2)c1. The number of anilines is 2. The van der Waals surface area contributed by atoms with E-state index in [-0.39, 0.29) is 18.0 Å². The molecule has 32 heavy (non-hydrogen) atoms. The average Bonchev–Trinajstić information content (AvgIpc) is 2.79. The zero-order valence-electron chi connectivity index (χ0n) is 17.8. The molecule has 162 valence electrons. The van der Waals surface area contributed by atoms with Crippen molar-refractivity contribution in [3.8, 4) is 11.5 Å². The molecule has 5 rings (SSSR count). The molecule has 1 saturated heterocycles. The monoisotopic (exact) mass is 429 g/mol. The van der Waals surface area contributed by atoms with Crippen molar-refractivity contribution in [1.29, 1.82) is 0 Å². The van der Waals surface area contributed by atoms with E-state index in [2.05, 4.69) is 10.6 Å². The summed E-state index contributed by atoms with van der Waals surface area (Å²) >= 11 is 0. The number of fused-ring (bicyclic) bond motifs is 4. The first kappa shape index (κ1) is 19.9. The number of ether oxygens (including phenoxy) is 2. The van der Waals surface area contributed by atoms with Crippen LogP contribution in [0.3, 0.4) is 0 Å². The van der Waals surface area contributed by atoms with Crippen molar-refractivity contribution in [2.45, 2.75) is 25.1 Å². The number of rotatable bonds is 4. The smallest absolute Gasteiger partial charge is 0.325 e. The fraction of sp³-hybridized carbons (Fsp3) is 0.200. The quantitative estimate of drug-likeness (QED) is 0.629. The van der Waals surface area contributed by atoms with Crippen LogP contribution in [0.25, 0.3) is 0 Å². The van der Waals surface area contributed by atoms with Crippen molar-refractivity contribution in [2.75, 3.05) is 17.3 Å². The maximum absolute atomic E-state index is 13.1. The Labute approximate surface area is 185 Å². The first-order valence-electron chi connectivity index (χ1n) is 10.4. The van der Waals surface area contributed by atoms with Crippen LogP contribution in [0.4, 0.5) is 16.2 Å². The van der Waals surface area contributed by atoms with E-state index in [0.717, 1.165) is 11.3 Å². The van der Waals surface area contributed by atoms with Crippen LogP contribution in [0.2, 0.25) is 0 Å². The number of nitrogens with zero attached hydrogens (tertiary/aromatic N) is 1. The maximum atomic E-state index is 13.1. The second-order valence-electron chi connectivity index (χ2n) is 8.09. The highest BCUT2D eigenvalue weighted by molar-refractivity contribution is 6.05. The van der Waals surface area contributed by atoms with Gasteiger partial charge in [0.15, 0.2) is 5.72 Å². The average molecular weight is 429 g/mol. The van der Waals surface area contributed by atoms with Crippen molar-refractivity contribution in [1.82, 2.24) is 5.32 Å². The second kappa shape index (κ2) is 7.60. The summed E-state index contributed by atoms with van der Waals surface area (Å²) in [5.41, 5.74) is 1.74. The van der Waals surface area contributed by atoms with Gasteiger partial charge in [-0.25, -0.2) is 4.79 Å². The second-order valence-corrected chi connectivity index (χ2v) is 8.09. The lowest BCUT2D eigenvalue weighted by atomic mass is 9.90. The lowest BCUT2D eigenvalue weighted by Gasteiger charge is -2.50. The summed E-state index contributed by atoms with van der Waals surface area (Å²) in [5, 5.41) is 5.94. The molecule has 7 nitrogen and oxygen atoms in total. The summed E-state index contributed by atoms with van der Waals surface area (Å²) in [7, 11) is 1.57. The molecule has 2 N–H and O–H groups in total. The number of para-hydroxylation sites is 1. The minimum atomic E-state index is -0.872. The number of benzene rings is 3. The van der Waals surface area contributed by atoms with Gasteiger partial charge >= 0.3 is 6.03 Å². The Bertz CT molecular complexity index is 1210. The van der Waals surface area contributed by atoms with Crippen molar-refractivity contribution in [3.05, 3.63) is 83.9 Å². The van der Waals surface area contributed by atoms with Crippen molar-refractivity contribution in [2.24, 2.45) is 0 Å². The van der Waals surface area contributed by atoms with E-state index in [1.807, 2.05) is 37.3 Å². The van der Waals surface area contributed by atoms with Crippen LogP contribution in [-0.4, -0.2) is 24.8 Å². The van der Waals surface area contributed by atoms with Gasteiger partial charge in [-0.1, -0.05) is 30.3 Å². The number of hydrogen-bond donors (Lipinski definition) is 2. The van der Waals surface area contributed by atoms with Crippen LogP contribution in [-0.2, 0) is 0 Å². The van der Waals surface area contributed by atoms with Crippen LogP contribution >= 0.6 is 0 Å².